The van der Waals surface area contributed by atoms with Gasteiger partial charge in [0, 0.05) is 5.02 Å². The van der Waals surface area contributed by atoms with Crippen molar-refractivity contribution in [2.75, 3.05) is 13.2 Å². The summed E-state index contributed by atoms with van der Waals surface area (Å²) < 4.78 is 10.3. The van der Waals surface area contributed by atoms with Crippen LogP contribution >= 0.6 is 11.6 Å². The minimum atomic E-state index is -0.900. The van der Waals surface area contributed by atoms with Gasteiger partial charge in [-0.2, -0.15) is 0 Å². The van der Waals surface area contributed by atoms with Crippen LogP contribution in [-0.4, -0.2) is 25.0 Å². The number of Topliss-reactive ketones (excluding diaryl/α,β-unsaturated/α-hetero) is 1. The molecule has 0 aliphatic carbocycles. The second-order valence-electron chi connectivity index (χ2n) is 4.72. The molecule has 0 bridgehead atoms. The van der Waals surface area contributed by atoms with Crippen LogP contribution in [0.1, 0.15) is 37.6 Å². The molecule has 5 heteroatoms. The summed E-state index contributed by atoms with van der Waals surface area (Å²) in [6.45, 7) is 6.42. The Bertz CT molecular complexity index is 483. The Morgan fingerprint density at radius 1 is 1.30 bits per heavy atom. The van der Waals surface area contributed by atoms with Crippen LogP contribution in [-0.2, 0) is 9.53 Å². The molecular formula is C15H19ClO4. The van der Waals surface area contributed by atoms with E-state index in [-0.39, 0.29) is 12.2 Å². The number of ketones is 1. The fourth-order valence-electron chi connectivity index (χ4n) is 1.52. The molecule has 0 aliphatic heterocycles. The van der Waals surface area contributed by atoms with E-state index in [2.05, 4.69) is 13.8 Å². The van der Waals surface area contributed by atoms with E-state index in [1.54, 1.807) is 19.1 Å². The molecule has 0 heterocycles. The van der Waals surface area contributed by atoms with Crippen LogP contribution in [0.2, 0.25) is 5.02 Å². The Hall–Kier alpha value is -1.55. The van der Waals surface area contributed by atoms with Crippen LogP contribution in [0.3, 0.4) is 0 Å². The first kappa shape index (κ1) is 16.5. The normalized spacial score (nSPS) is 10.4. The number of rotatable bonds is 7. The molecule has 0 N–H and O–H groups in total. The minimum Gasteiger partial charge on any atom is -0.493 e. The lowest BCUT2D eigenvalue weighted by Gasteiger charge is -2.12. The predicted molar refractivity (Wildman–Crippen MR) is 77.4 cm³/mol. The average molecular weight is 299 g/mol. The Labute approximate surface area is 124 Å². The summed E-state index contributed by atoms with van der Waals surface area (Å²) in [6, 6.07) is 4.63. The SMILES string of the molecule is CCOC(=O)C(=O)c1cc(Cl)ccc1OCCC(C)C. The second-order valence-corrected chi connectivity index (χ2v) is 5.16. The van der Waals surface area contributed by atoms with Gasteiger partial charge in [-0.05, 0) is 37.5 Å². The fraction of sp³-hybridized carbons (Fsp3) is 0.467. The van der Waals surface area contributed by atoms with Crippen LogP contribution in [0.5, 0.6) is 5.75 Å². The van der Waals surface area contributed by atoms with E-state index in [9.17, 15) is 9.59 Å². The summed E-state index contributed by atoms with van der Waals surface area (Å²) in [5.41, 5.74) is 0.139. The van der Waals surface area contributed by atoms with Gasteiger partial charge in [-0.15, -0.1) is 0 Å². The first-order chi connectivity index (χ1) is 9.45. The highest BCUT2D eigenvalue weighted by Gasteiger charge is 2.22. The summed E-state index contributed by atoms with van der Waals surface area (Å²) >= 11 is 5.87. The molecule has 4 nitrogen and oxygen atoms in total. The molecule has 0 atom stereocenters. The number of ether oxygens (including phenoxy) is 2. The quantitative estimate of drug-likeness (QED) is 0.439. The molecule has 0 fully saturated rings. The zero-order valence-electron chi connectivity index (χ0n) is 11.9. The minimum absolute atomic E-state index is 0.139. The van der Waals surface area contributed by atoms with E-state index < -0.39 is 11.8 Å². The molecule has 1 aromatic rings. The standard InChI is InChI=1S/C15H19ClO4/c1-4-19-15(18)14(17)12-9-11(16)5-6-13(12)20-8-7-10(2)3/h5-6,9-10H,4,7-8H2,1-3H3. The van der Waals surface area contributed by atoms with Crippen LogP contribution < -0.4 is 4.74 Å². The van der Waals surface area contributed by atoms with Gasteiger partial charge in [0.05, 0.1) is 18.8 Å². The Morgan fingerprint density at radius 2 is 2.00 bits per heavy atom. The lowest BCUT2D eigenvalue weighted by atomic mass is 10.1. The second kappa shape index (κ2) is 7.90. The summed E-state index contributed by atoms with van der Waals surface area (Å²) in [7, 11) is 0. The average Bonchev–Trinajstić information content (AvgIpc) is 2.39. The lowest BCUT2D eigenvalue weighted by molar-refractivity contribution is -0.137. The number of hydrogen-bond donors (Lipinski definition) is 0. The van der Waals surface area contributed by atoms with E-state index in [1.165, 1.54) is 6.07 Å². The topological polar surface area (TPSA) is 52.6 Å². The zero-order chi connectivity index (χ0) is 15.1. The first-order valence-corrected chi connectivity index (χ1v) is 6.97. The molecule has 110 valence electrons. The molecule has 0 unspecified atom stereocenters. The third-order valence-electron chi connectivity index (χ3n) is 2.60. The summed E-state index contributed by atoms with van der Waals surface area (Å²) in [6.07, 6.45) is 0.857. The number of carbonyl (C=O) groups is 2. The van der Waals surface area contributed by atoms with Gasteiger partial charge < -0.3 is 9.47 Å². The zero-order valence-corrected chi connectivity index (χ0v) is 12.7. The van der Waals surface area contributed by atoms with Crippen LogP contribution in [0, 0.1) is 5.92 Å². The summed E-state index contributed by atoms with van der Waals surface area (Å²) in [4.78, 5) is 23.5. The van der Waals surface area contributed by atoms with Gasteiger partial charge in [0.25, 0.3) is 5.78 Å². The van der Waals surface area contributed by atoms with Crippen molar-refractivity contribution in [2.24, 2.45) is 5.92 Å². The number of carbonyl (C=O) groups excluding carboxylic acids is 2. The fourth-order valence-corrected chi connectivity index (χ4v) is 1.69. The van der Waals surface area contributed by atoms with E-state index in [4.69, 9.17) is 21.1 Å². The van der Waals surface area contributed by atoms with Gasteiger partial charge in [-0.3, -0.25) is 4.79 Å². The number of esters is 1. The maximum absolute atomic E-state index is 12.0. The first-order valence-electron chi connectivity index (χ1n) is 6.59. The third kappa shape index (κ3) is 4.85. The van der Waals surface area contributed by atoms with Crippen LogP contribution in [0.25, 0.3) is 0 Å². The molecule has 0 saturated heterocycles. The number of hydrogen-bond acceptors (Lipinski definition) is 4. The van der Waals surface area contributed by atoms with E-state index in [1.807, 2.05) is 0 Å². The molecule has 0 radical (unpaired) electrons. The van der Waals surface area contributed by atoms with Crippen LogP contribution in [0.4, 0.5) is 0 Å². The van der Waals surface area contributed by atoms with Gasteiger partial charge in [0.2, 0.25) is 0 Å². The van der Waals surface area contributed by atoms with Crippen molar-refractivity contribution in [3.63, 3.8) is 0 Å². The number of halogens is 1. The maximum atomic E-state index is 12.0. The predicted octanol–water partition coefficient (Wildman–Crippen LogP) is 3.51. The van der Waals surface area contributed by atoms with Crippen molar-refractivity contribution in [3.8, 4) is 5.75 Å². The van der Waals surface area contributed by atoms with Crippen molar-refractivity contribution in [3.05, 3.63) is 28.8 Å². The molecule has 0 saturated carbocycles. The molecule has 1 aromatic carbocycles. The molecular weight excluding hydrogens is 280 g/mol. The highest BCUT2D eigenvalue weighted by molar-refractivity contribution is 6.42. The van der Waals surface area contributed by atoms with Crippen molar-refractivity contribution in [1.82, 2.24) is 0 Å². The van der Waals surface area contributed by atoms with Crippen molar-refractivity contribution in [1.29, 1.82) is 0 Å². The highest BCUT2D eigenvalue weighted by Crippen LogP contribution is 2.24. The maximum Gasteiger partial charge on any atom is 0.379 e. The van der Waals surface area contributed by atoms with Crippen molar-refractivity contribution >= 4 is 23.4 Å². The van der Waals surface area contributed by atoms with E-state index in [0.717, 1.165) is 6.42 Å². The third-order valence-corrected chi connectivity index (χ3v) is 2.83. The summed E-state index contributed by atoms with van der Waals surface area (Å²) in [5.74, 6) is -0.794. The van der Waals surface area contributed by atoms with Crippen molar-refractivity contribution < 1.29 is 19.1 Å². The monoisotopic (exact) mass is 298 g/mol. The lowest BCUT2D eigenvalue weighted by Crippen LogP contribution is -2.18. The Balaban J connectivity index is 2.89. The molecule has 20 heavy (non-hydrogen) atoms. The van der Waals surface area contributed by atoms with E-state index >= 15 is 0 Å². The molecule has 0 spiro atoms. The van der Waals surface area contributed by atoms with Gasteiger partial charge >= 0.3 is 5.97 Å². The molecule has 1 rings (SSSR count). The van der Waals surface area contributed by atoms with Gasteiger partial charge in [0.1, 0.15) is 5.75 Å². The van der Waals surface area contributed by atoms with Crippen molar-refractivity contribution in [2.45, 2.75) is 27.2 Å². The van der Waals surface area contributed by atoms with Gasteiger partial charge in [-0.1, -0.05) is 25.4 Å². The smallest absolute Gasteiger partial charge is 0.379 e. The molecule has 0 aromatic heterocycles. The van der Waals surface area contributed by atoms with Gasteiger partial charge in [-0.25, -0.2) is 4.79 Å². The highest BCUT2D eigenvalue weighted by atomic mass is 35.5. The molecule has 0 amide bonds. The Kier molecular flexibility index (Phi) is 6.52. The summed E-state index contributed by atoms with van der Waals surface area (Å²) in [5, 5.41) is 0.369. The van der Waals surface area contributed by atoms with Gasteiger partial charge in [0.15, 0.2) is 0 Å². The van der Waals surface area contributed by atoms with Crippen LogP contribution in [0.15, 0.2) is 18.2 Å². The largest absolute Gasteiger partial charge is 0.493 e. The molecule has 0 aliphatic rings. The van der Waals surface area contributed by atoms with E-state index in [0.29, 0.717) is 23.3 Å². The number of benzene rings is 1. The Morgan fingerprint density at radius 3 is 2.60 bits per heavy atom.